The number of ketones is 1. The molecule has 4 rings (SSSR count). The molecule has 102 valence electrons. The number of fused-ring (bicyclic) bond motifs is 2. The first-order valence-electron chi connectivity index (χ1n) is 6.94. The molecule has 3 aliphatic rings. The topological polar surface area (TPSA) is 34.1 Å². The SMILES string of the molecule is CC1[C@H]2C[C@@H](C(=O)[C@@H]1S(=O)c1ccccc1)C2(C)C. The van der Waals surface area contributed by atoms with Crippen LogP contribution in [0, 0.1) is 23.2 Å². The molecular weight excluding hydrogens is 256 g/mol. The number of carbonyl (C=O) groups excluding carboxylic acids is 1. The molecule has 0 saturated heterocycles. The summed E-state index contributed by atoms with van der Waals surface area (Å²) < 4.78 is 12.7. The average Bonchev–Trinajstić information content (AvgIpc) is 2.38. The van der Waals surface area contributed by atoms with Gasteiger partial charge in [-0.3, -0.25) is 9.00 Å². The second kappa shape index (κ2) is 4.27. The smallest absolute Gasteiger partial charge is 0.152 e. The monoisotopic (exact) mass is 276 g/mol. The molecule has 0 N–H and O–H groups in total. The van der Waals surface area contributed by atoms with E-state index < -0.39 is 10.8 Å². The van der Waals surface area contributed by atoms with E-state index in [0.717, 1.165) is 11.3 Å². The molecule has 0 amide bonds. The van der Waals surface area contributed by atoms with Crippen molar-refractivity contribution >= 4 is 16.6 Å². The summed E-state index contributed by atoms with van der Waals surface area (Å²) in [4.78, 5) is 13.4. The van der Waals surface area contributed by atoms with E-state index in [1.807, 2.05) is 30.3 Å². The summed E-state index contributed by atoms with van der Waals surface area (Å²) >= 11 is 0. The molecule has 5 atom stereocenters. The number of hydrogen-bond donors (Lipinski definition) is 0. The van der Waals surface area contributed by atoms with Crippen LogP contribution in [-0.2, 0) is 15.6 Å². The zero-order valence-corrected chi connectivity index (χ0v) is 12.4. The molecule has 3 fully saturated rings. The first-order chi connectivity index (χ1) is 8.94. The van der Waals surface area contributed by atoms with Gasteiger partial charge in [0.1, 0.15) is 5.25 Å². The molecule has 0 heterocycles. The zero-order valence-electron chi connectivity index (χ0n) is 11.6. The van der Waals surface area contributed by atoms with Crippen LogP contribution in [0.15, 0.2) is 35.2 Å². The van der Waals surface area contributed by atoms with E-state index in [2.05, 4.69) is 20.8 Å². The van der Waals surface area contributed by atoms with Gasteiger partial charge in [0.2, 0.25) is 0 Å². The van der Waals surface area contributed by atoms with Gasteiger partial charge in [-0.1, -0.05) is 39.0 Å². The lowest BCUT2D eigenvalue weighted by Crippen LogP contribution is -2.63. The summed E-state index contributed by atoms with van der Waals surface area (Å²) in [7, 11) is -1.20. The largest absolute Gasteiger partial charge is 0.298 e. The van der Waals surface area contributed by atoms with Crippen LogP contribution in [-0.4, -0.2) is 15.2 Å². The van der Waals surface area contributed by atoms with E-state index in [0.29, 0.717) is 5.92 Å². The maximum atomic E-state index is 12.7. The van der Waals surface area contributed by atoms with E-state index >= 15 is 0 Å². The molecule has 2 bridgehead atoms. The quantitative estimate of drug-likeness (QED) is 0.832. The number of Topliss-reactive ketones (excluding diaryl/α,β-unsaturated/α-hetero) is 1. The standard InChI is InChI=1S/C16H20O2S/c1-10-12-9-13(16(12,2)3)14(17)15(10)19(18)11-7-5-4-6-8-11/h4-8,10,12-13,15H,9H2,1-3H3/t10?,12-,13+,15-,19?/m1/s1. The Balaban J connectivity index is 1.91. The third-order valence-corrected chi connectivity index (χ3v) is 7.15. The van der Waals surface area contributed by atoms with Crippen molar-refractivity contribution in [2.24, 2.45) is 23.2 Å². The Hall–Kier alpha value is -0.960. The highest BCUT2D eigenvalue weighted by atomic mass is 32.2. The number of carbonyl (C=O) groups is 1. The minimum atomic E-state index is -1.20. The Labute approximate surface area is 117 Å². The van der Waals surface area contributed by atoms with Crippen LogP contribution in [0.5, 0.6) is 0 Å². The summed E-state index contributed by atoms with van der Waals surface area (Å²) in [6, 6.07) is 9.40. The van der Waals surface area contributed by atoms with Crippen LogP contribution in [0.1, 0.15) is 27.2 Å². The number of hydrogen-bond acceptors (Lipinski definition) is 2. The van der Waals surface area contributed by atoms with Crippen molar-refractivity contribution in [3.05, 3.63) is 30.3 Å². The van der Waals surface area contributed by atoms with Crippen LogP contribution in [0.4, 0.5) is 0 Å². The van der Waals surface area contributed by atoms with Crippen LogP contribution < -0.4 is 0 Å². The molecule has 0 spiro atoms. The van der Waals surface area contributed by atoms with Crippen LogP contribution in [0.3, 0.4) is 0 Å². The number of rotatable bonds is 2. The van der Waals surface area contributed by atoms with Gasteiger partial charge in [-0.25, -0.2) is 0 Å². The van der Waals surface area contributed by atoms with Gasteiger partial charge in [-0.15, -0.1) is 0 Å². The summed E-state index contributed by atoms with van der Waals surface area (Å²) in [5, 5.41) is -0.306. The Kier molecular flexibility index (Phi) is 2.93. The van der Waals surface area contributed by atoms with Crippen molar-refractivity contribution in [1.82, 2.24) is 0 Å². The van der Waals surface area contributed by atoms with Crippen molar-refractivity contribution in [1.29, 1.82) is 0 Å². The fourth-order valence-corrected chi connectivity index (χ4v) is 5.68. The lowest BCUT2D eigenvalue weighted by molar-refractivity contribution is -0.155. The second-order valence-corrected chi connectivity index (χ2v) is 8.08. The molecule has 3 aliphatic carbocycles. The summed E-state index contributed by atoms with van der Waals surface area (Å²) in [6.07, 6.45) is 0.996. The van der Waals surface area contributed by atoms with Crippen LogP contribution >= 0.6 is 0 Å². The van der Waals surface area contributed by atoms with E-state index in [4.69, 9.17) is 0 Å². The Morgan fingerprint density at radius 2 is 1.84 bits per heavy atom. The maximum Gasteiger partial charge on any atom is 0.152 e. The van der Waals surface area contributed by atoms with Gasteiger partial charge in [0.25, 0.3) is 0 Å². The zero-order chi connectivity index (χ0) is 13.8. The summed E-state index contributed by atoms with van der Waals surface area (Å²) in [5.74, 6) is 1.09. The van der Waals surface area contributed by atoms with Crippen molar-refractivity contribution in [3.8, 4) is 0 Å². The molecule has 0 radical (unpaired) electrons. The van der Waals surface area contributed by atoms with Crippen molar-refractivity contribution in [3.63, 3.8) is 0 Å². The average molecular weight is 276 g/mol. The first-order valence-corrected chi connectivity index (χ1v) is 8.15. The van der Waals surface area contributed by atoms with Crippen LogP contribution in [0.25, 0.3) is 0 Å². The molecule has 3 saturated carbocycles. The molecular formula is C16H20O2S. The minimum Gasteiger partial charge on any atom is -0.298 e. The van der Waals surface area contributed by atoms with Gasteiger partial charge >= 0.3 is 0 Å². The molecule has 1 aromatic rings. The summed E-state index contributed by atoms with van der Waals surface area (Å²) in [6.45, 7) is 6.47. The fraction of sp³-hybridized carbons (Fsp3) is 0.562. The molecule has 3 heteroatoms. The highest BCUT2D eigenvalue weighted by Gasteiger charge is 2.62. The Morgan fingerprint density at radius 1 is 1.21 bits per heavy atom. The molecule has 2 nitrogen and oxygen atoms in total. The fourth-order valence-electron chi connectivity index (χ4n) is 4.00. The van der Waals surface area contributed by atoms with Gasteiger partial charge in [0.15, 0.2) is 5.78 Å². The highest BCUT2D eigenvalue weighted by molar-refractivity contribution is 7.86. The first kappa shape index (κ1) is 13.0. The highest BCUT2D eigenvalue weighted by Crippen LogP contribution is 2.60. The van der Waals surface area contributed by atoms with E-state index in [1.165, 1.54) is 0 Å². The molecule has 19 heavy (non-hydrogen) atoms. The summed E-state index contributed by atoms with van der Waals surface area (Å²) in [5.41, 5.74) is 0.105. The van der Waals surface area contributed by atoms with Crippen LogP contribution in [0.2, 0.25) is 0 Å². The predicted molar refractivity (Wildman–Crippen MR) is 76.2 cm³/mol. The maximum absolute atomic E-state index is 12.7. The van der Waals surface area contributed by atoms with E-state index in [1.54, 1.807) is 0 Å². The molecule has 0 aromatic heterocycles. The van der Waals surface area contributed by atoms with Gasteiger partial charge < -0.3 is 0 Å². The third-order valence-electron chi connectivity index (χ3n) is 5.29. The van der Waals surface area contributed by atoms with E-state index in [9.17, 15) is 9.00 Å². The van der Waals surface area contributed by atoms with Crippen molar-refractivity contribution in [2.75, 3.05) is 0 Å². The Morgan fingerprint density at radius 3 is 2.37 bits per heavy atom. The van der Waals surface area contributed by atoms with Crippen molar-refractivity contribution < 1.29 is 9.00 Å². The van der Waals surface area contributed by atoms with E-state index in [-0.39, 0.29) is 28.3 Å². The molecule has 0 aliphatic heterocycles. The lowest BCUT2D eigenvalue weighted by atomic mass is 9.45. The van der Waals surface area contributed by atoms with Gasteiger partial charge in [0, 0.05) is 10.8 Å². The van der Waals surface area contributed by atoms with Crippen molar-refractivity contribution in [2.45, 2.75) is 37.3 Å². The van der Waals surface area contributed by atoms with Gasteiger partial charge in [0.05, 0.1) is 10.8 Å². The lowest BCUT2D eigenvalue weighted by Gasteiger charge is -2.60. The number of benzene rings is 1. The second-order valence-electron chi connectivity index (χ2n) is 6.51. The van der Waals surface area contributed by atoms with Gasteiger partial charge in [-0.2, -0.15) is 0 Å². The van der Waals surface area contributed by atoms with Gasteiger partial charge in [-0.05, 0) is 35.8 Å². The third kappa shape index (κ3) is 1.74. The molecule has 1 aromatic carbocycles. The normalized spacial score (nSPS) is 37.5. The minimum absolute atomic E-state index is 0.105. The predicted octanol–water partition coefficient (Wildman–Crippen LogP) is 3.04. The Bertz CT molecular complexity index is 535. The molecule has 2 unspecified atom stereocenters.